The number of hydrogen-bond donors (Lipinski definition) is 5. The van der Waals surface area contributed by atoms with Crippen LogP contribution in [0.15, 0.2) is 24.3 Å². The smallest absolute Gasteiger partial charge is 0.397 e. The Labute approximate surface area is 166 Å². The fraction of sp³-hybridized carbons (Fsp3) is 0.500. The van der Waals surface area contributed by atoms with Gasteiger partial charge in [-0.2, -0.15) is 8.42 Å². The molecule has 1 saturated heterocycles. The SMILES string of the molecule is CC(=O)Nc1ccc(O[C@@H]2O[C@H](CO)[C@H](O)[C@H](OS(=O)(=O)O)[C@H]2NC(C)=O)cc1. The summed E-state index contributed by atoms with van der Waals surface area (Å²) < 4.78 is 47.0. The molecule has 1 fully saturated rings. The minimum absolute atomic E-state index is 0.207. The molecule has 1 aliphatic rings. The van der Waals surface area contributed by atoms with Gasteiger partial charge >= 0.3 is 10.4 Å². The Kier molecular flexibility index (Phi) is 7.51. The number of anilines is 1. The summed E-state index contributed by atoms with van der Waals surface area (Å²) in [7, 11) is -5.01. The first-order chi connectivity index (χ1) is 13.5. The van der Waals surface area contributed by atoms with Crippen LogP contribution in [0.2, 0.25) is 0 Å². The number of carbonyl (C=O) groups excluding carboxylic acids is 2. The molecule has 1 aromatic rings. The van der Waals surface area contributed by atoms with E-state index in [-0.39, 0.29) is 11.7 Å². The van der Waals surface area contributed by atoms with E-state index in [2.05, 4.69) is 14.8 Å². The molecule has 1 heterocycles. The van der Waals surface area contributed by atoms with E-state index in [0.717, 1.165) is 6.92 Å². The Bertz CT molecular complexity index is 829. The topological polar surface area (TPSA) is 181 Å². The highest BCUT2D eigenvalue weighted by Gasteiger charge is 2.49. The van der Waals surface area contributed by atoms with Crippen LogP contribution >= 0.6 is 0 Å². The molecule has 1 aliphatic heterocycles. The van der Waals surface area contributed by atoms with Crippen LogP contribution in [0, 0.1) is 0 Å². The fourth-order valence-corrected chi connectivity index (χ4v) is 3.28. The lowest BCUT2D eigenvalue weighted by Crippen LogP contribution is -2.66. The highest BCUT2D eigenvalue weighted by Crippen LogP contribution is 2.27. The number of benzene rings is 1. The summed E-state index contributed by atoms with van der Waals surface area (Å²) in [5.41, 5.74) is 0.490. The van der Waals surface area contributed by atoms with Crippen LogP contribution in [0.5, 0.6) is 5.75 Å². The molecule has 5 atom stereocenters. The number of ether oxygens (including phenoxy) is 2. The summed E-state index contributed by atoms with van der Waals surface area (Å²) in [5.74, 6) is -0.685. The van der Waals surface area contributed by atoms with Gasteiger partial charge in [0, 0.05) is 19.5 Å². The summed E-state index contributed by atoms with van der Waals surface area (Å²) in [6.07, 6.45) is -6.13. The van der Waals surface area contributed by atoms with Gasteiger partial charge in [0.15, 0.2) is 0 Å². The number of hydrogen-bond acceptors (Lipinski definition) is 9. The van der Waals surface area contributed by atoms with Crippen molar-refractivity contribution in [2.45, 2.75) is 44.5 Å². The zero-order chi connectivity index (χ0) is 21.8. The molecule has 0 aromatic heterocycles. The number of amides is 2. The highest BCUT2D eigenvalue weighted by molar-refractivity contribution is 7.80. The van der Waals surface area contributed by atoms with E-state index in [9.17, 15) is 28.2 Å². The highest BCUT2D eigenvalue weighted by atomic mass is 32.3. The van der Waals surface area contributed by atoms with E-state index >= 15 is 0 Å². The van der Waals surface area contributed by atoms with Crippen molar-refractivity contribution in [3.8, 4) is 5.75 Å². The second-order valence-corrected chi connectivity index (χ2v) is 7.30. The third-order valence-electron chi connectivity index (χ3n) is 3.88. The molecule has 0 saturated carbocycles. The summed E-state index contributed by atoms with van der Waals surface area (Å²) in [6, 6.07) is 4.63. The molecular weight excluding hydrogens is 412 g/mol. The van der Waals surface area contributed by atoms with Crippen molar-refractivity contribution >= 4 is 27.9 Å². The van der Waals surface area contributed by atoms with Crippen molar-refractivity contribution < 1.29 is 46.4 Å². The Morgan fingerprint density at radius 2 is 1.79 bits per heavy atom. The third-order valence-corrected chi connectivity index (χ3v) is 4.35. The van der Waals surface area contributed by atoms with Crippen LogP contribution in [0.25, 0.3) is 0 Å². The van der Waals surface area contributed by atoms with Crippen molar-refractivity contribution in [3.63, 3.8) is 0 Å². The van der Waals surface area contributed by atoms with Gasteiger partial charge in [-0.1, -0.05) is 0 Å². The molecule has 5 N–H and O–H groups in total. The Morgan fingerprint density at radius 3 is 2.28 bits per heavy atom. The molecular formula is C16H22N2O10S. The maximum atomic E-state index is 11.6. The second-order valence-electron chi connectivity index (χ2n) is 6.25. The summed E-state index contributed by atoms with van der Waals surface area (Å²) in [4.78, 5) is 22.6. The van der Waals surface area contributed by atoms with E-state index in [1.807, 2.05) is 0 Å². The van der Waals surface area contributed by atoms with Crippen LogP contribution in [0.1, 0.15) is 13.8 Å². The van der Waals surface area contributed by atoms with Crippen molar-refractivity contribution in [3.05, 3.63) is 24.3 Å². The van der Waals surface area contributed by atoms with Gasteiger partial charge in [-0.15, -0.1) is 0 Å². The lowest BCUT2D eigenvalue weighted by Gasteiger charge is -2.43. The quantitative estimate of drug-likeness (QED) is 0.327. The second kappa shape index (κ2) is 9.47. The van der Waals surface area contributed by atoms with Crippen molar-refractivity contribution in [2.24, 2.45) is 0 Å². The molecule has 13 heteroatoms. The lowest BCUT2D eigenvalue weighted by molar-refractivity contribution is -0.239. The molecule has 162 valence electrons. The van der Waals surface area contributed by atoms with Gasteiger partial charge in [0.25, 0.3) is 0 Å². The predicted molar refractivity (Wildman–Crippen MR) is 97.2 cm³/mol. The van der Waals surface area contributed by atoms with E-state index < -0.39 is 53.6 Å². The standard InChI is InChI=1S/C16H22N2O10S/c1-8(20)17-10-3-5-11(6-4-10)26-16-13(18-9(2)21)15(28-29(23,24)25)14(22)12(7-19)27-16/h3-6,12-16,19,22H,7H2,1-2H3,(H,17,20)(H,18,21)(H,23,24,25)/t12-,13-,14+,15-,16-/m1/s1. The van der Waals surface area contributed by atoms with Crippen LogP contribution in [0.4, 0.5) is 5.69 Å². The van der Waals surface area contributed by atoms with E-state index in [1.165, 1.54) is 31.2 Å². The number of carbonyl (C=O) groups is 2. The normalized spacial score (nSPS) is 27.1. The van der Waals surface area contributed by atoms with Gasteiger partial charge < -0.3 is 30.3 Å². The van der Waals surface area contributed by atoms with Crippen LogP contribution in [0.3, 0.4) is 0 Å². The van der Waals surface area contributed by atoms with Gasteiger partial charge in [-0.3, -0.25) is 14.1 Å². The van der Waals surface area contributed by atoms with E-state index in [4.69, 9.17) is 14.0 Å². The fourth-order valence-electron chi connectivity index (χ4n) is 2.76. The molecule has 0 spiro atoms. The molecule has 29 heavy (non-hydrogen) atoms. The molecule has 2 amide bonds. The van der Waals surface area contributed by atoms with E-state index in [0.29, 0.717) is 5.69 Å². The first kappa shape index (κ1) is 23.0. The summed E-state index contributed by atoms with van der Waals surface area (Å²) in [6.45, 7) is 1.75. The average molecular weight is 434 g/mol. The zero-order valence-electron chi connectivity index (χ0n) is 15.5. The first-order valence-electron chi connectivity index (χ1n) is 8.41. The maximum Gasteiger partial charge on any atom is 0.397 e. The van der Waals surface area contributed by atoms with Crippen LogP contribution in [-0.4, -0.2) is 72.2 Å². The van der Waals surface area contributed by atoms with Gasteiger partial charge in [-0.05, 0) is 24.3 Å². The molecule has 2 rings (SSSR count). The average Bonchev–Trinajstić information content (AvgIpc) is 2.60. The lowest BCUT2D eigenvalue weighted by atomic mass is 9.97. The molecule has 0 aliphatic carbocycles. The van der Waals surface area contributed by atoms with Crippen molar-refractivity contribution in [1.82, 2.24) is 5.32 Å². The monoisotopic (exact) mass is 434 g/mol. The molecule has 0 bridgehead atoms. The van der Waals surface area contributed by atoms with E-state index in [1.54, 1.807) is 0 Å². The Hall–Kier alpha value is -2.29. The Morgan fingerprint density at radius 1 is 1.17 bits per heavy atom. The number of nitrogens with one attached hydrogen (secondary N) is 2. The summed E-state index contributed by atoms with van der Waals surface area (Å²) >= 11 is 0. The number of aliphatic hydroxyl groups excluding tert-OH is 2. The predicted octanol–water partition coefficient (Wildman–Crippen LogP) is -1.21. The van der Waals surface area contributed by atoms with Gasteiger partial charge in [0.05, 0.1) is 6.61 Å². The largest absolute Gasteiger partial charge is 0.463 e. The molecule has 1 aromatic carbocycles. The first-order valence-corrected chi connectivity index (χ1v) is 9.78. The summed E-state index contributed by atoms with van der Waals surface area (Å²) in [5, 5.41) is 24.6. The maximum absolute atomic E-state index is 11.6. The third kappa shape index (κ3) is 6.62. The van der Waals surface area contributed by atoms with Gasteiger partial charge in [0.2, 0.25) is 18.1 Å². The van der Waals surface area contributed by atoms with Crippen molar-refractivity contribution in [2.75, 3.05) is 11.9 Å². The van der Waals surface area contributed by atoms with Gasteiger partial charge in [0.1, 0.15) is 30.1 Å². The molecule has 12 nitrogen and oxygen atoms in total. The minimum atomic E-state index is -5.01. The van der Waals surface area contributed by atoms with Crippen LogP contribution < -0.4 is 15.4 Å². The Balaban J connectivity index is 2.29. The van der Waals surface area contributed by atoms with Crippen molar-refractivity contribution in [1.29, 1.82) is 0 Å². The van der Waals surface area contributed by atoms with Crippen LogP contribution in [-0.2, 0) is 28.9 Å². The molecule has 0 radical (unpaired) electrons. The zero-order valence-corrected chi connectivity index (χ0v) is 16.3. The number of aliphatic hydroxyl groups is 2. The minimum Gasteiger partial charge on any atom is -0.463 e. The number of rotatable bonds is 7. The van der Waals surface area contributed by atoms with Gasteiger partial charge in [-0.25, -0.2) is 4.18 Å². The molecule has 0 unspecified atom stereocenters.